The average molecular weight is 552 g/mol. The zero-order valence-electron chi connectivity index (χ0n) is 22.3. The Kier molecular flexibility index (Phi) is 7.54. The number of fused-ring (bicyclic) bond motifs is 1. The van der Waals surface area contributed by atoms with Gasteiger partial charge in [-0.1, -0.05) is 42.5 Å². The summed E-state index contributed by atoms with van der Waals surface area (Å²) in [4.78, 5) is 55.1. The Labute approximate surface area is 232 Å². The van der Waals surface area contributed by atoms with Crippen molar-refractivity contribution in [2.24, 2.45) is 0 Å². The van der Waals surface area contributed by atoms with Crippen molar-refractivity contribution in [3.63, 3.8) is 0 Å². The molecule has 2 N–H and O–H groups in total. The van der Waals surface area contributed by atoms with E-state index in [1.807, 2.05) is 30.3 Å². The van der Waals surface area contributed by atoms with Crippen LogP contribution in [0, 0.1) is 0 Å². The molecule has 0 aromatic heterocycles. The van der Waals surface area contributed by atoms with Crippen LogP contribution in [0.3, 0.4) is 0 Å². The summed E-state index contributed by atoms with van der Waals surface area (Å²) in [5.41, 5.74) is 0.506. The molecule has 2 amide bonds. The maximum absolute atomic E-state index is 13.7. The third kappa shape index (κ3) is 5.46. The second-order valence-electron chi connectivity index (χ2n) is 11.1. The minimum absolute atomic E-state index is 0.120. The summed E-state index contributed by atoms with van der Waals surface area (Å²) in [5, 5.41) is 5.87. The van der Waals surface area contributed by atoms with Gasteiger partial charge in [0.05, 0.1) is 16.5 Å². The molecule has 3 atom stereocenters. The van der Waals surface area contributed by atoms with Crippen LogP contribution in [0.5, 0.6) is 0 Å². The topological polar surface area (TPSA) is 114 Å². The van der Waals surface area contributed by atoms with Gasteiger partial charge < -0.3 is 14.8 Å². The fourth-order valence-corrected chi connectivity index (χ4v) is 7.18. The van der Waals surface area contributed by atoms with E-state index < -0.39 is 51.6 Å². The average Bonchev–Trinajstić information content (AvgIpc) is 3.38. The van der Waals surface area contributed by atoms with E-state index in [-0.39, 0.29) is 17.7 Å². The molecule has 3 heterocycles. The molecule has 206 valence electrons. The number of ether oxygens (including phenoxy) is 2. The number of benzene rings is 2. The molecule has 3 aliphatic rings. The third-order valence-corrected chi connectivity index (χ3v) is 8.93. The highest BCUT2D eigenvalue weighted by molar-refractivity contribution is 8.01. The normalized spacial score (nSPS) is 23.0. The number of nitrogens with one attached hydrogen (secondary N) is 2. The Morgan fingerprint density at radius 3 is 2.18 bits per heavy atom. The predicted molar refractivity (Wildman–Crippen MR) is 146 cm³/mol. The van der Waals surface area contributed by atoms with E-state index >= 15 is 0 Å². The lowest BCUT2D eigenvalue weighted by molar-refractivity contribution is -0.160. The van der Waals surface area contributed by atoms with Gasteiger partial charge in [-0.05, 0) is 64.4 Å². The summed E-state index contributed by atoms with van der Waals surface area (Å²) in [7, 11) is 0. The van der Waals surface area contributed by atoms with Gasteiger partial charge in [0.25, 0.3) is 11.8 Å². The van der Waals surface area contributed by atoms with Gasteiger partial charge in [0.15, 0.2) is 6.04 Å². The molecule has 2 aromatic rings. The van der Waals surface area contributed by atoms with E-state index in [4.69, 9.17) is 9.47 Å². The Bertz CT molecular complexity index is 1240. The van der Waals surface area contributed by atoms with Crippen molar-refractivity contribution in [2.45, 2.75) is 68.0 Å². The van der Waals surface area contributed by atoms with Crippen molar-refractivity contribution in [1.29, 1.82) is 0 Å². The van der Waals surface area contributed by atoms with E-state index in [9.17, 15) is 19.2 Å². The lowest BCUT2D eigenvalue weighted by Gasteiger charge is -2.37. The smallest absolute Gasteiger partial charge is 0.332 e. The van der Waals surface area contributed by atoms with Crippen LogP contribution in [0.1, 0.15) is 59.9 Å². The highest BCUT2D eigenvalue weighted by Crippen LogP contribution is 2.47. The van der Waals surface area contributed by atoms with Crippen molar-refractivity contribution < 1.29 is 28.7 Å². The minimum atomic E-state index is -1.28. The van der Waals surface area contributed by atoms with E-state index in [0.717, 1.165) is 10.5 Å². The van der Waals surface area contributed by atoms with Gasteiger partial charge in [0.2, 0.25) is 0 Å². The molecular formula is C29H33N3O6S. The van der Waals surface area contributed by atoms with Crippen LogP contribution < -0.4 is 10.6 Å². The maximum Gasteiger partial charge on any atom is 0.332 e. The fraction of sp³-hybridized carbons (Fsp3) is 0.448. The van der Waals surface area contributed by atoms with Crippen LogP contribution in [-0.2, 0) is 25.7 Å². The molecule has 0 saturated carbocycles. The molecule has 1 spiro atoms. The second kappa shape index (κ2) is 10.7. The lowest BCUT2D eigenvalue weighted by Crippen LogP contribution is -2.57. The number of hydrogen-bond acceptors (Lipinski definition) is 9. The zero-order valence-corrected chi connectivity index (χ0v) is 23.1. The highest BCUT2D eigenvalue weighted by atomic mass is 32.2. The van der Waals surface area contributed by atoms with E-state index in [2.05, 4.69) is 10.6 Å². The van der Waals surface area contributed by atoms with Gasteiger partial charge in [0.1, 0.15) is 18.2 Å². The summed E-state index contributed by atoms with van der Waals surface area (Å²) >= 11 is 1.43. The zero-order chi connectivity index (χ0) is 27.8. The molecule has 5 rings (SSSR count). The predicted octanol–water partition coefficient (Wildman–Crippen LogP) is 2.89. The largest absolute Gasteiger partial charge is 0.460 e. The Morgan fingerprint density at radius 1 is 1.00 bits per heavy atom. The summed E-state index contributed by atoms with van der Waals surface area (Å²) in [6.07, 6.45) is 1.30. The van der Waals surface area contributed by atoms with Gasteiger partial charge in [-0.25, -0.2) is 4.79 Å². The molecule has 39 heavy (non-hydrogen) atoms. The van der Waals surface area contributed by atoms with Gasteiger partial charge >= 0.3 is 11.9 Å². The van der Waals surface area contributed by atoms with Gasteiger partial charge in [-0.3, -0.25) is 24.6 Å². The van der Waals surface area contributed by atoms with E-state index in [1.54, 1.807) is 45.0 Å². The molecule has 0 radical (unpaired) electrons. The SMILES string of the molecule is CC(C)(C)OC(=O)C(C1NC(C(=O)OCc2ccccc2)C2(CCNCC2)S1)N1C(=O)c2ccccc2C1=O. The highest BCUT2D eigenvalue weighted by Gasteiger charge is 2.58. The molecule has 2 fully saturated rings. The summed E-state index contributed by atoms with van der Waals surface area (Å²) < 4.78 is 10.9. The molecule has 0 aliphatic carbocycles. The van der Waals surface area contributed by atoms with Crippen molar-refractivity contribution in [2.75, 3.05) is 13.1 Å². The molecule has 10 heteroatoms. The Hall–Kier alpha value is -3.21. The first-order valence-electron chi connectivity index (χ1n) is 13.1. The monoisotopic (exact) mass is 551 g/mol. The number of rotatable bonds is 6. The first-order chi connectivity index (χ1) is 18.6. The van der Waals surface area contributed by atoms with Crippen molar-refractivity contribution in [3.05, 3.63) is 71.3 Å². The fourth-order valence-electron chi connectivity index (χ4n) is 5.37. The standard InChI is InChI=1S/C29H33N3O6S/c1-28(2,3)38-26(35)21(32-24(33)19-11-7-8-12-20(19)25(32)34)23-31-22(29(39-23)13-15-30-16-14-29)27(36)37-17-18-9-5-4-6-10-18/h4-12,21-23,30-31H,13-17H2,1-3H3. The van der Waals surface area contributed by atoms with Crippen LogP contribution >= 0.6 is 11.8 Å². The maximum atomic E-state index is 13.7. The van der Waals surface area contributed by atoms with E-state index in [1.165, 1.54) is 11.8 Å². The van der Waals surface area contributed by atoms with Crippen LogP contribution in [-0.4, -0.2) is 69.5 Å². The molecule has 9 nitrogen and oxygen atoms in total. The van der Waals surface area contributed by atoms with Crippen molar-refractivity contribution in [1.82, 2.24) is 15.5 Å². The molecule has 2 saturated heterocycles. The number of carbonyl (C=O) groups excluding carboxylic acids is 4. The molecular weight excluding hydrogens is 518 g/mol. The number of esters is 2. The Morgan fingerprint density at radius 2 is 1.59 bits per heavy atom. The van der Waals surface area contributed by atoms with E-state index in [0.29, 0.717) is 25.9 Å². The third-order valence-electron chi connectivity index (χ3n) is 7.17. The Balaban J connectivity index is 1.46. The van der Waals surface area contributed by atoms with Gasteiger partial charge in [0, 0.05) is 4.75 Å². The lowest BCUT2D eigenvalue weighted by atomic mass is 9.89. The first-order valence-corrected chi connectivity index (χ1v) is 14.0. The number of imide groups is 1. The van der Waals surface area contributed by atoms with Crippen LogP contribution in [0.25, 0.3) is 0 Å². The number of amides is 2. The quantitative estimate of drug-likeness (QED) is 0.413. The molecule has 0 bridgehead atoms. The van der Waals surface area contributed by atoms with Crippen molar-refractivity contribution >= 4 is 35.5 Å². The summed E-state index contributed by atoms with van der Waals surface area (Å²) in [6.45, 7) is 6.70. The molecule has 2 aromatic carbocycles. The minimum Gasteiger partial charge on any atom is -0.460 e. The van der Waals surface area contributed by atoms with Gasteiger partial charge in [-0.15, -0.1) is 11.8 Å². The first kappa shape index (κ1) is 27.4. The second-order valence-corrected chi connectivity index (χ2v) is 12.6. The van der Waals surface area contributed by atoms with Crippen molar-refractivity contribution in [3.8, 4) is 0 Å². The van der Waals surface area contributed by atoms with Crippen LogP contribution in [0.4, 0.5) is 0 Å². The number of thioether (sulfide) groups is 1. The molecule has 3 aliphatic heterocycles. The van der Waals surface area contributed by atoms with Crippen LogP contribution in [0.15, 0.2) is 54.6 Å². The summed E-state index contributed by atoms with van der Waals surface area (Å²) in [5.74, 6) is -2.24. The number of piperidine rings is 1. The number of nitrogens with zero attached hydrogens (tertiary/aromatic N) is 1. The van der Waals surface area contributed by atoms with Gasteiger partial charge in [-0.2, -0.15) is 0 Å². The van der Waals surface area contributed by atoms with Crippen LogP contribution in [0.2, 0.25) is 0 Å². The summed E-state index contributed by atoms with van der Waals surface area (Å²) in [6, 6.07) is 13.9. The molecule has 3 unspecified atom stereocenters. The number of carbonyl (C=O) groups is 4. The number of hydrogen-bond donors (Lipinski definition) is 2.